The Kier molecular flexibility index (Phi) is 2.74. The molecule has 53 valence electrons. The molecule has 0 amide bonds. The molecule has 3 heteroatoms. The molecule has 0 heterocycles. The van der Waals surface area contributed by atoms with Crippen LogP contribution < -0.4 is 0 Å². The van der Waals surface area contributed by atoms with Crippen molar-refractivity contribution in [1.82, 2.24) is 0 Å². The Bertz CT molecular complexity index is 186. The molecule has 10 heavy (non-hydrogen) atoms. The van der Waals surface area contributed by atoms with Crippen molar-refractivity contribution >= 4 is 28.0 Å². The Labute approximate surface area is 69.7 Å². The highest BCUT2D eigenvalue weighted by Gasteiger charge is 2.12. The van der Waals surface area contributed by atoms with Crippen LogP contribution in [0.5, 0.6) is 0 Å². The zero-order chi connectivity index (χ0) is 7.56. The van der Waals surface area contributed by atoms with E-state index in [1.165, 1.54) is 6.42 Å². The number of allylic oxidation sites excluding steroid dienone is 1. The molecule has 0 aliphatic heterocycles. The first kappa shape index (κ1) is 8.08. The molecule has 1 rings (SSSR count). The van der Waals surface area contributed by atoms with Gasteiger partial charge in [0.2, 0.25) is 5.12 Å². The number of hydrogen-bond acceptors (Lipinski definition) is 1. The molecule has 1 aliphatic rings. The number of carbonyl (C=O) groups excluding carboxylic acids is 1. The highest BCUT2D eigenvalue weighted by Crippen LogP contribution is 2.23. The molecule has 0 aromatic carbocycles. The van der Waals surface area contributed by atoms with Crippen molar-refractivity contribution in [3.8, 4) is 0 Å². The number of hydrogen-bond donors (Lipinski definition) is 1. The van der Waals surface area contributed by atoms with Gasteiger partial charge in [-0.25, -0.2) is 0 Å². The van der Waals surface area contributed by atoms with Gasteiger partial charge in [0.05, 0.1) is 10.2 Å². The molecule has 0 aromatic heterocycles. The van der Waals surface area contributed by atoms with Gasteiger partial charge in [-0.1, -0.05) is 5.20 Å². The van der Waals surface area contributed by atoms with Gasteiger partial charge in [-0.2, -0.15) is 0 Å². The van der Waals surface area contributed by atoms with E-state index in [-0.39, 0.29) is 5.12 Å². The Morgan fingerprint density at radius 3 is 2.40 bits per heavy atom. The van der Waals surface area contributed by atoms with E-state index in [0.717, 1.165) is 30.0 Å². The second-order valence-corrected chi connectivity index (χ2v) is 3.48. The molecule has 3 radical (unpaired) electrons. The predicted octanol–water partition coefficient (Wildman–Crippen LogP) is 1.44. The van der Waals surface area contributed by atoms with E-state index < -0.39 is 0 Å². The smallest absolute Gasteiger partial charge is 0.211 e. The second-order valence-electron chi connectivity index (χ2n) is 2.47. The van der Waals surface area contributed by atoms with Crippen molar-refractivity contribution in [1.29, 1.82) is 0 Å². The van der Waals surface area contributed by atoms with Crippen molar-refractivity contribution in [3.05, 3.63) is 10.8 Å². The topological polar surface area (TPSA) is 17.1 Å². The Hall–Kier alpha value is -0.0231. The number of rotatable bonds is 1. The molecule has 1 nitrogen and oxygen atoms in total. The van der Waals surface area contributed by atoms with Crippen LogP contribution in [0.3, 0.4) is 0 Å². The summed E-state index contributed by atoms with van der Waals surface area (Å²) in [5, 5.41) is 0.968. The Morgan fingerprint density at radius 1 is 1.40 bits per heavy atom. The lowest BCUT2D eigenvalue weighted by Gasteiger charge is -2.13. The van der Waals surface area contributed by atoms with Gasteiger partial charge in [0.25, 0.3) is 0 Å². The van der Waals surface area contributed by atoms with Crippen LogP contribution in [0, 0.1) is 0 Å². The van der Waals surface area contributed by atoms with E-state index in [4.69, 9.17) is 0 Å². The summed E-state index contributed by atoms with van der Waals surface area (Å²) < 4.78 is 0. The van der Waals surface area contributed by atoms with Crippen LogP contribution in [0.1, 0.15) is 25.7 Å². The molecule has 0 spiro atoms. The summed E-state index contributed by atoms with van der Waals surface area (Å²) in [6.07, 6.45) is 4.19. The summed E-state index contributed by atoms with van der Waals surface area (Å²) in [7, 11) is 3.41. The first-order chi connectivity index (χ1) is 4.72. The molecule has 0 unspecified atom stereocenters. The summed E-state index contributed by atoms with van der Waals surface area (Å²) in [6.45, 7) is 0. The Morgan fingerprint density at radius 2 is 2.00 bits per heavy atom. The van der Waals surface area contributed by atoms with Gasteiger partial charge in [-0.05, 0) is 25.7 Å². The second kappa shape index (κ2) is 3.39. The van der Waals surface area contributed by atoms with Crippen molar-refractivity contribution in [2.45, 2.75) is 25.7 Å². The highest BCUT2D eigenvalue weighted by molar-refractivity contribution is 7.97. The predicted molar refractivity (Wildman–Crippen MR) is 45.2 cm³/mol. The van der Waals surface area contributed by atoms with Crippen LogP contribution in [-0.2, 0) is 4.79 Å². The highest BCUT2D eigenvalue weighted by atomic mass is 32.1. The molecule has 0 saturated carbocycles. The lowest BCUT2D eigenvalue weighted by Crippen LogP contribution is -2.05. The average Bonchev–Trinajstić information content (AvgIpc) is 1.88. The maximum absolute atomic E-state index is 10.8. The molecule has 0 saturated heterocycles. The Balaban J connectivity index is 2.78. The summed E-state index contributed by atoms with van der Waals surface area (Å²) in [5.41, 5.74) is 0.867. The van der Waals surface area contributed by atoms with Gasteiger partial charge < -0.3 is 0 Å². The maximum Gasteiger partial charge on any atom is 0.211 e. The van der Waals surface area contributed by atoms with Gasteiger partial charge >= 0.3 is 0 Å². The van der Waals surface area contributed by atoms with E-state index in [2.05, 4.69) is 22.9 Å². The molecular weight excluding hydrogens is 160 g/mol. The molecule has 1 aliphatic carbocycles. The number of carbonyl (C=O) groups is 1. The zero-order valence-electron chi connectivity index (χ0n) is 5.68. The third-order valence-electron chi connectivity index (χ3n) is 1.73. The standard InChI is InChI=1S/C7H9OSSi/c8-7(9)5-3-1-2-4-6(5)10/h1-4H2,(H,8,9). The van der Waals surface area contributed by atoms with Crippen LogP contribution in [0.15, 0.2) is 10.8 Å². The minimum absolute atomic E-state index is 0.0790. The van der Waals surface area contributed by atoms with Gasteiger partial charge in [-0.15, -0.1) is 12.6 Å². The first-order valence-corrected chi connectivity index (χ1v) is 4.33. The molecule has 0 aromatic rings. The van der Waals surface area contributed by atoms with E-state index >= 15 is 0 Å². The van der Waals surface area contributed by atoms with Crippen molar-refractivity contribution < 1.29 is 4.79 Å². The van der Waals surface area contributed by atoms with Gasteiger partial charge in [-0.3, -0.25) is 4.79 Å². The molecule has 0 atom stereocenters. The van der Waals surface area contributed by atoms with Crippen LogP contribution in [0.4, 0.5) is 0 Å². The van der Waals surface area contributed by atoms with E-state index in [1.54, 1.807) is 0 Å². The number of thiol groups is 1. The monoisotopic (exact) mass is 169 g/mol. The summed E-state index contributed by atoms with van der Waals surface area (Å²) in [4.78, 5) is 10.8. The fourth-order valence-corrected chi connectivity index (χ4v) is 1.91. The third kappa shape index (κ3) is 1.73. The minimum Gasteiger partial charge on any atom is -0.282 e. The molecule has 0 bridgehead atoms. The summed E-state index contributed by atoms with van der Waals surface area (Å²) in [5.74, 6) is 0. The van der Waals surface area contributed by atoms with Crippen LogP contribution >= 0.6 is 12.6 Å². The van der Waals surface area contributed by atoms with Crippen molar-refractivity contribution in [2.24, 2.45) is 0 Å². The quantitative estimate of drug-likeness (QED) is 0.464. The van der Waals surface area contributed by atoms with Gasteiger partial charge in [0, 0.05) is 5.57 Å². The normalized spacial score (nSPS) is 19.4. The van der Waals surface area contributed by atoms with Crippen LogP contribution in [0.2, 0.25) is 0 Å². The van der Waals surface area contributed by atoms with Gasteiger partial charge in [0.1, 0.15) is 0 Å². The van der Waals surface area contributed by atoms with Crippen molar-refractivity contribution in [3.63, 3.8) is 0 Å². The summed E-state index contributed by atoms with van der Waals surface area (Å²) in [6, 6.07) is 0. The van der Waals surface area contributed by atoms with Gasteiger partial charge in [0.15, 0.2) is 0 Å². The lowest BCUT2D eigenvalue weighted by molar-refractivity contribution is -0.107. The fourth-order valence-electron chi connectivity index (χ4n) is 1.14. The van der Waals surface area contributed by atoms with E-state index in [0.29, 0.717) is 0 Å². The zero-order valence-corrected chi connectivity index (χ0v) is 7.58. The van der Waals surface area contributed by atoms with Crippen LogP contribution in [-0.4, -0.2) is 15.4 Å². The minimum atomic E-state index is -0.0790. The van der Waals surface area contributed by atoms with E-state index in [1.807, 2.05) is 0 Å². The van der Waals surface area contributed by atoms with Crippen molar-refractivity contribution in [2.75, 3.05) is 0 Å². The largest absolute Gasteiger partial charge is 0.282 e. The lowest BCUT2D eigenvalue weighted by atomic mass is 10.0. The average molecular weight is 169 g/mol. The first-order valence-electron chi connectivity index (χ1n) is 3.38. The van der Waals surface area contributed by atoms with Crippen LogP contribution in [0.25, 0.3) is 0 Å². The summed E-state index contributed by atoms with van der Waals surface area (Å²) >= 11 is 3.77. The van der Waals surface area contributed by atoms with E-state index in [9.17, 15) is 4.79 Å². The fraction of sp³-hybridized carbons (Fsp3) is 0.571. The molecule has 0 N–H and O–H groups in total. The third-order valence-corrected chi connectivity index (χ3v) is 2.55. The SMILES string of the molecule is O=C(S)C1=C([Si])CCCC1. The molecular formula is C7H9OSSi. The maximum atomic E-state index is 10.8. The molecule has 0 fully saturated rings.